The second-order valence-corrected chi connectivity index (χ2v) is 3.86. The lowest BCUT2D eigenvalue weighted by Crippen LogP contribution is -3.00. The highest BCUT2D eigenvalue weighted by atomic mass is 35.5. The molecule has 0 saturated carbocycles. The Balaban J connectivity index is 0.00000180. The van der Waals surface area contributed by atoms with Gasteiger partial charge in [-0.25, -0.2) is 9.78 Å². The highest BCUT2D eigenvalue weighted by Gasteiger charge is 2.03. The first-order valence-electron chi connectivity index (χ1n) is 5.85. The molecule has 0 fully saturated rings. The standard InChI is InChI=1S/C14H14N2O2.2ClH/c15-9-10-18-14(17)8-7-12-6-5-11-3-1-2-4-13(11)16-12;;/h1-8H,9-10,15H2;2*1H/b8-7+;;. The van der Waals surface area contributed by atoms with Crippen LogP contribution in [0.1, 0.15) is 5.69 Å². The number of carbonyl (C=O) groups is 1. The Hall–Kier alpha value is -1.62. The summed E-state index contributed by atoms with van der Waals surface area (Å²) in [6.07, 6.45) is 3.12. The molecule has 0 saturated heterocycles. The lowest BCUT2D eigenvalue weighted by atomic mass is 10.2. The molecule has 108 valence electrons. The van der Waals surface area contributed by atoms with Crippen molar-refractivity contribution in [2.75, 3.05) is 13.2 Å². The van der Waals surface area contributed by atoms with Gasteiger partial charge in [0.15, 0.2) is 0 Å². The average Bonchev–Trinajstić information content (AvgIpc) is 2.42. The van der Waals surface area contributed by atoms with Crippen molar-refractivity contribution >= 4 is 22.9 Å². The van der Waals surface area contributed by atoms with Gasteiger partial charge in [0.25, 0.3) is 0 Å². The fraction of sp³-hybridized carbons (Fsp3) is 0.143. The number of quaternary nitrogens is 1. The molecule has 4 N–H and O–H groups in total. The van der Waals surface area contributed by atoms with Crippen LogP contribution in [0.5, 0.6) is 0 Å². The minimum atomic E-state index is -0.347. The number of aromatic nitrogens is 1. The largest absolute Gasteiger partial charge is 1.00 e. The first-order chi connectivity index (χ1) is 8.79. The van der Waals surface area contributed by atoms with E-state index in [0.29, 0.717) is 13.2 Å². The highest BCUT2D eigenvalue weighted by Crippen LogP contribution is 2.08. The summed E-state index contributed by atoms with van der Waals surface area (Å²) < 4.78 is 4.90. The lowest BCUT2D eigenvalue weighted by molar-refractivity contribution is -0.372. The number of carbonyl (C=O) groups excluding carboxylic acids is 1. The third-order valence-electron chi connectivity index (χ3n) is 2.47. The van der Waals surface area contributed by atoms with Gasteiger partial charge in [-0.15, -0.1) is 0 Å². The van der Waals surface area contributed by atoms with Gasteiger partial charge in [0.1, 0.15) is 13.2 Å². The van der Waals surface area contributed by atoms with E-state index in [9.17, 15) is 4.79 Å². The van der Waals surface area contributed by atoms with E-state index in [0.717, 1.165) is 16.6 Å². The molecule has 0 aliphatic rings. The zero-order valence-corrected chi connectivity index (χ0v) is 12.3. The molecule has 1 aromatic carbocycles. The van der Waals surface area contributed by atoms with Crippen LogP contribution >= 0.6 is 0 Å². The van der Waals surface area contributed by atoms with E-state index in [-0.39, 0.29) is 30.8 Å². The summed E-state index contributed by atoms with van der Waals surface area (Å²) in [6, 6.07) is 11.9. The Morgan fingerprint density at radius 3 is 2.70 bits per heavy atom. The van der Waals surface area contributed by atoms with Crippen LogP contribution in [-0.4, -0.2) is 19.1 Å². The summed E-state index contributed by atoms with van der Waals surface area (Å²) in [5.74, 6) is -0.347. The lowest BCUT2D eigenvalue weighted by Gasteiger charge is -1.95. The number of nitrogens with one attached hydrogen (secondary N) is 1. The number of H-pyrrole nitrogens is 1. The second-order valence-electron chi connectivity index (χ2n) is 3.86. The molecule has 0 aliphatic carbocycles. The van der Waals surface area contributed by atoms with Gasteiger partial charge in [-0.3, -0.25) is 0 Å². The van der Waals surface area contributed by atoms with Crippen molar-refractivity contribution in [3.8, 4) is 0 Å². The molecule has 0 unspecified atom stereocenters. The molecule has 2 rings (SSSR count). The predicted molar refractivity (Wildman–Crippen MR) is 68.3 cm³/mol. The molecule has 0 bridgehead atoms. The van der Waals surface area contributed by atoms with Gasteiger partial charge in [0.05, 0.1) is 0 Å². The summed E-state index contributed by atoms with van der Waals surface area (Å²) in [5.41, 5.74) is 5.50. The Kier molecular flexibility index (Phi) is 8.56. The topological polar surface area (TPSA) is 68.1 Å². The molecular weight excluding hydrogens is 299 g/mol. The van der Waals surface area contributed by atoms with Crippen molar-refractivity contribution in [1.29, 1.82) is 0 Å². The number of ether oxygens (including phenoxy) is 1. The van der Waals surface area contributed by atoms with Crippen LogP contribution in [0.2, 0.25) is 0 Å². The van der Waals surface area contributed by atoms with Crippen molar-refractivity contribution in [3.05, 3.63) is 48.2 Å². The number of esters is 1. The zero-order chi connectivity index (χ0) is 12.8. The molecule has 0 spiro atoms. The number of fused-ring (bicyclic) bond motifs is 1. The van der Waals surface area contributed by atoms with Crippen LogP contribution in [0, 0.1) is 0 Å². The number of benzene rings is 1. The SMILES string of the molecule is [Cl-].[Cl-].[NH3+]CCOC(=O)/C=C/c1ccc2ccccc2[nH+]1. The van der Waals surface area contributed by atoms with Crippen molar-refractivity contribution < 1.29 is 45.1 Å². The number of hydrogen-bond donors (Lipinski definition) is 1. The highest BCUT2D eigenvalue weighted by molar-refractivity contribution is 5.86. The van der Waals surface area contributed by atoms with E-state index >= 15 is 0 Å². The summed E-state index contributed by atoms with van der Waals surface area (Å²) in [5, 5.41) is 1.13. The summed E-state index contributed by atoms with van der Waals surface area (Å²) in [4.78, 5) is 14.5. The summed E-state index contributed by atoms with van der Waals surface area (Å²) in [7, 11) is 0. The van der Waals surface area contributed by atoms with Crippen molar-refractivity contribution in [1.82, 2.24) is 0 Å². The third-order valence-corrected chi connectivity index (χ3v) is 2.47. The van der Waals surface area contributed by atoms with Gasteiger partial charge < -0.3 is 35.3 Å². The third kappa shape index (κ3) is 5.17. The number of pyridine rings is 1. The minimum Gasteiger partial charge on any atom is -1.00 e. The molecule has 0 radical (unpaired) electrons. The molecule has 0 atom stereocenters. The first kappa shape index (κ1) is 18.4. The molecular formula is C14H16Cl2N2O2. The van der Waals surface area contributed by atoms with E-state index in [1.807, 2.05) is 36.4 Å². The molecule has 4 nitrogen and oxygen atoms in total. The fourth-order valence-corrected chi connectivity index (χ4v) is 1.61. The maximum absolute atomic E-state index is 11.3. The molecule has 0 amide bonds. The van der Waals surface area contributed by atoms with E-state index in [2.05, 4.69) is 10.7 Å². The number of rotatable bonds is 4. The van der Waals surface area contributed by atoms with E-state index in [4.69, 9.17) is 4.74 Å². The first-order valence-corrected chi connectivity index (χ1v) is 5.85. The van der Waals surface area contributed by atoms with E-state index in [1.165, 1.54) is 6.08 Å². The Labute approximate surface area is 129 Å². The van der Waals surface area contributed by atoms with Crippen molar-refractivity contribution in [2.24, 2.45) is 0 Å². The second kappa shape index (κ2) is 9.31. The number of aromatic amines is 1. The zero-order valence-electron chi connectivity index (χ0n) is 10.8. The van der Waals surface area contributed by atoms with Crippen molar-refractivity contribution in [3.63, 3.8) is 0 Å². The smallest absolute Gasteiger partial charge is 0.331 e. The van der Waals surface area contributed by atoms with Gasteiger partial charge in [-0.1, -0.05) is 12.1 Å². The molecule has 1 heterocycles. The fourth-order valence-electron chi connectivity index (χ4n) is 1.61. The van der Waals surface area contributed by atoms with Crippen LogP contribution in [-0.2, 0) is 9.53 Å². The molecule has 2 aromatic rings. The van der Waals surface area contributed by atoms with Gasteiger partial charge in [-0.05, 0) is 12.1 Å². The van der Waals surface area contributed by atoms with Gasteiger partial charge >= 0.3 is 5.97 Å². The Morgan fingerprint density at radius 2 is 1.95 bits per heavy atom. The van der Waals surface area contributed by atoms with Crippen LogP contribution in [0.4, 0.5) is 0 Å². The van der Waals surface area contributed by atoms with E-state index < -0.39 is 0 Å². The van der Waals surface area contributed by atoms with Crippen LogP contribution in [0.25, 0.3) is 17.0 Å². The Bertz CT molecular complexity index is 588. The number of para-hydroxylation sites is 1. The monoisotopic (exact) mass is 314 g/mol. The molecule has 6 heteroatoms. The summed E-state index contributed by atoms with van der Waals surface area (Å²) in [6.45, 7) is 0.937. The molecule has 0 aliphatic heterocycles. The molecule has 20 heavy (non-hydrogen) atoms. The number of halogens is 2. The number of hydrogen-bond acceptors (Lipinski definition) is 2. The maximum atomic E-state index is 11.3. The predicted octanol–water partition coefficient (Wildman–Crippen LogP) is -5.54. The van der Waals surface area contributed by atoms with Gasteiger partial charge in [0.2, 0.25) is 11.2 Å². The normalized spacial score (nSPS) is 9.85. The maximum Gasteiger partial charge on any atom is 0.331 e. The average molecular weight is 315 g/mol. The van der Waals surface area contributed by atoms with Crippen LogP contribution < -0.4 is 35.5 Å². The van der Waals surface area contributed by atoms with Gasteiger partial charge in [-0.2, -0.15) is 0 Å². The minimum absolute atomic E-state index is 0. The Morgan fingerprint density at radius 1 is 1.20 bits per heavy atom. The van der Waals surface area contributed by atoms with Crippen LogP contribution in [0.15, 0.2) is 42.5 Å². The quantitative estimate of drug-likeness (QED) is 0.452. The van der Waals surface area contributed by atoms with Crippen LogP contribution in [0.3, 0.4) is 0 Å². The van der Waals surface area contributed by atoms with Gasteiger partial charge in [0, 0.05) is 29.7 Å². The summed E-state index contributed by atoms with van der Waals surface area (Å²) >= 11 is 0. The van der Waals surface area contributed by atoms with E-state index in [1.54, 1.807) is 6.08 Å². The molecule has 1 aromatic heterocycles. The van der Waals surface area contributed by atoms with Crippen molar-refractivity contribution in [2.45, 2.75) is 0 Å².